The normalized spacial score (nSPS) is 10.9. The predicted octanol–water partition coefficient (Wildman–Crippen LogP) is 2.25. The van der Waals surface area contributed by atoms with Crippen LogP contribution in [0.2, 0.25) is 0 Å². The molecular formula is C14H24N2O. The van der Waals surface area contributed by atoms with Crippen molar-refractivity contribution in [2.75, 3.05) is 31.7 Å². The Bertz CT molecular complexity index is 326. The number of ether oxygens (including phenoxy) is 1. The maximum atomic E-state index is 5.68. The van der Waals surface area contributed by atoms with E-state index in [1.54, 1.807) is 7.11 Å². The van der Waals surface area contributed by atoms with Crippen molar-refractivity contribution >= 4 is 5.69 Å². The van der Waals surface area contributed by atoms with Gasteiger partial charge in [0.25, 0.3) is 0 Å². The van der Waals surface area contributed by atoms with Gasteiger partial charge in [0.05, 0.1) is 6.61 Å². The molecule has 0 unspecified atom stereocenters. The van der Waals surface area contributed by atoms with Crippen LogP contribution in [0.4, 0.5) is 5.69 Å². The third-order valence-corrected chi connectivity index (χ3v) is 2.66. The Balaban J connectivity index is 2.78. The van der Waals surface area contributed by atoms with Crippen LogP contribution in [0, 0.1) is 5.92 Å². The van der Waals surface area contributed by atoms with Crippen molar-refractivity contribution in [3.05, 3.63) is 29.8 Å². The minimum Gasteiger partial charge on any atom is -0.383 e. The van der Waals surface area contributed by atoms with Gasteiger partial charge in [-0.25, -0.2) is 0 Å². The molecule has 0 spiro atoms. The zero-order chi connectivity index (χ0) is 12.7. The lowest BCUT2D eigenvalue weighted by Crippen LogP contribution is -2.31. The SMILES string of the molecule is COCCN(CC(C)C)c1cccc(CN)c1. The fourth-order valence-corrected chi connectivity index (χ4v) is 1.85. The molecule has 0 amide bonds. The Hall–Kier alpha value is -1.06. The van der Waals surface area contributed by atoms with Gasteiger partial charge in [-0.05, 0) is 23.6 Å². The number of rotatable bonds is 7. The molecule has 3 heteroatoms. The molecule has 0 saturated heterocycles. The molecule has 0 aliphatic heterocycles. The van der Waals surface area contributed by atoms with Gasteiger partial charge >= 0.3 is 0 Å². The van der Waals surface area contributed by atoms with E-state index >= 15 is 0 Å². The van der Waals surface area contributed by atoms with Crippen LogP contribution in [0.15, 0.2) is 24.3 Å². The predicted molar refractivity (Wildman–Crippen MR) is 73.3 cm³/mol. The number of anilines is 1. The number of nitrogens with zero attached hydrogens (tertiary/aromatic N) is 1. The number of hydrogen-bond donors (Lipinski definition) is 1. The summed E-state index contributed by atoms with van der Waals surface area (Å²) in [6.07, 6.45) is 0. The van der Waals surface area contributed by atoms with Gasteiger partial charge in [-0.1, -0.05) is 26.0 Å². The summed E-state index contributed by atoms with van der Waals surface area (Å²) in [5.41, 5.74) is 8.09. The molecule has 0 bridgehead atoms. The first kappa shape index (κ1) is 14.0. The molecule has 1 aromatic carbocycles. The van der Waals surface area contributed by atoms with Gasteiger partial charge in [-0.3, -0.25) is 0 Å². The highest BCUT2D eigenvalue weighted by atomic mass is 16.5. The number of methoxy groups -OCH3 is 1. The highest BCUT2D eigenvalue weighted by molar-refractivity contribution is 5.48. The molecule has 0 aliphatic carbocycles. The molecule has 0 fully saturated rings. The summed E-state index contributed by atoms with van der Waals surface area (Å²) in [4.78, 5) is 2.35. The molecule has 1 aromatic rings. The van der Waals surface area contributed by atoms with E-state index in [4.69, 9.17) is 10.5 Å². The van der Waals surface area contributed by atoms with Gasteiger partial charge in [-0.2, -0.15) is 0 Å². The maximum Gasteiger partial charge on any atom is 0.0637 e. The molecule has 17 heavy (non-hydrogen) atoms. The van der Waals surface area contributed by atoms with Crippen LogP contribution in [0.25, 0.3) is 0 Å². The van der Waals surface area contributed by atoms with Gasteiger partial charge in [0.2, 0.25) is 0 Å². The smallest absolute Gasteiger partial charge is 0.0637 e. The molecule has 0 heterocycles. The third-order valence-electron chi connectivity index (χ3n) is 2.66. The van der Waals surface area contributed by atoms with Gasteiger partial charge < -0.3 is 15.4 Å². The summed E-state index contributed by atoms with van der Waals surface area (Å²) >= 11 is 0. The zero-order valence-corrected chi connectivity index (χ0v) is 11.1. The van der Waals surface area contributed by atoms with Crippen LogP contribution in [0.3, 0.4) is 0 Å². The zero-order valence-electron chi connectivity index (χ0n) is 11.1. The van der Waals surface area contributed by atoms with Crippen molar-refractivity contribution in [1.29, 1.82) is 0 Å². The lowest BCUT2D eigenvalue weighted by atomic mass is 10.1. The first-order valence-corrected chi connectivity index (χ1v) is 6.20. The van der Waals surface area contributed by atoms with E-state index in [0.29, 0.717) is 12.5 Å². The van der Waals surface area contributed by atoms with Gasteiger partial charge in [0.1, 0.15) is 0 Å². The standard InChI is InChI=1S/C14H24N2O/c1-12(2)11-16(7-8-17-3)14-6-4-5-13(9-14)10-15/h4-6,9,12H,7-8,10-11,15H2,1-3H3. The van der Waals surface area contributed by atoms with Crippen molar-refractivity contribution in [3.8, 4) is 0 Å². The van der Waals surface area contributed by atoms with Crippen molar-refractivity contribution in [2.24, 2.45) is 11.7 Å². The second-order valence-corrected chi connectivity index (χ2v) is 4.71. The van der Waals surface area contributed by atoms with Crippen LogP contribution >= 0.6 is 0 Å². The molecular weight excluding hydrogens is 212 g/mol. The first-order valence-electron chi connectivity index (χ1n) is 6.20. The molecule has 0 radical (unpaired) electrons. The quantitative estimate of drug-likeness (QED) is 0.789. The van der Waals surface area contributed by atoms with E-state index in [9.17, 15) is 0 Å². The first-order chi connectivity index (χ1) is 8.17. The molecule has 0 aromatic heterocycles. The van der Waals surface area contributed by atoms with Crippen molar-refractivity contribution in [3.63, 3.8) is 0 Å². The Morgan fingerprint density at radius 2 is 2.12 bits per heavy atom. The van der Waals surface area contributed by atoms with Crippen LogP contribution in [0.5, 0.6) is 0 Å². The molecule has 96 valence electrons. The highest BCUT2D eigenvalue weighted by Crippen LogP contribution is 2.17. The summed E-state index contributed by atoms with van der Waals surface area (Å²) in [5.74, 6) is 0.633. The number of nitrogens with two attached hydrogens (primary N) is 1. The van der Waals surface area contributed by atoms with E-state index < -0.39 is 0 Å². The Morgan fingerprint density at radius 1 is 1.35 bits per heavy atom. The average Bonchev–Trinajstić information content (AvgIpc) is 2.34. The lowest BCUT2D eigenvalue weighted by Gasteiger charge is -2.26. The number of benzene rings is 1. The molecule has 2 N–H and O–H groups in total. The van der Waals surface area contributed by atoms with Crippen molar-refractivity contribution < 1.29 is 4.74 Å². The summed E-state index contributed by atoms with van der Waals surface area (Å²) in [5, 5.41) is 0. The van der Waals surface area contributed by atoms with Gasteiger partial charge in [0.15, 0.2) is 0 Å². The minimum absolute atomic E-state index is 0.591. The summed E-state index contributed by atoms with van der Waals surface area (Å²) in [6.45, 7) is 7.76. The second kappa shape index (κ2) is 7.30. The van der Waals surface area contributed by atoms with Crippen LogP contribution in [0.1, 0.15) is 19.4 Å². The van der Waals surface area contributed by atoms with Crippen LogP contribution in [-0.4, -0.2) is 26.8 Å². The van der Waals surface area contributed by atoms with Crippen LogP contribution < -0.4 is 10.6 Å². The lowest BCUT2D eigenvalue weighted by molar-refractivity contribution is 0.204. The van der Waals surface area contributed by atoms with E-state index in [-0.39, 0.29) is 0 Å². The van der Waals surface area contributed by atoms with E-state index in [2.05, 4.69) is 43.0 Å². The van der Waals surface area contributed by atoms with Gasteiger partial charge in [-0.15, -0.1) is 0 Å². The van der Waals surface area contributed by atoms with E-state index in [0.717, 1.165) is 19.7 Å². The summed E-state index contributed by atoms with van der Waals surface area (Å²) in [7, 11) is 1.74. The largest absolute Gasteiger partial charge is 0.383 e. The second-order valence-electron chi connectivity index (χ2n) is 4.71. The maximum absolute atomic E-state index is 5.68. The average molecular weight is 236 g/mol. The third kappa shape index (κ3) is 4.75. The molecule has 3 nitrogen and oxygen atoms in total. The fourth-order valence-electron chi connectivity index (χ4n) is 1.85. The topological polar surface area (TPSA) is 38.5 Å². The summed E-state index contributed by atoms with van der Waals surface area (Å²) < 4.78 is 5.17. The monoisotopic (exact) mass is 236 g/mol. The van der Waals surface area contributed by atoms with E-state index in [1.165, 1.54) is 11.3 Å². The molecule has 0 atom stereocenters. The van der Waals surface area contributed by atoms with Crippen LogP contribution in [-0.2, 0) is 11.3 Å². The molecule has 0 aliphatic rings. The molecule has 1 rings (SSSR count). The van der Waals surface area contributed by atoms with Crippen molar-refractivity contribution in [1.82, 2.24) is 0 Å². The highest BCUT2D eigenvalue weighted by Gasteiger charge is 2.08. The summed E-state index contributed by atoms with van der Waals surface area (Å²) in [6, 6.07) is 8.43. The Kier molecular flexibility index (Phi) is 6.01. The number of hydrogen-bond acceptors (Lipinski definition) is 3. The van der Waals surface area contributed by atoms with Crippen molar-refractivity contribution in [2.45, 2.75) is 20.4 Å². The Morgan fingerprint density at radius 3 is 2.71 bits per heavy atom. The Labute approximate surface area is 105 Å². The minimum atomic E-state index is 0.591. The molecule has 0 saturated carbocycles. The van der Waals surface area contributed by atoms with E-state index in [1.807, 2.05) is 0 Å². The van der Waals surface area contributed by atoms with Gasteiger partial charge in [0, 0.05) is 32.4 Å². The fraction of sp³-hybridized carbons (Fsp3) is 0.571.